The average molecular weight is 683 g/mol. The maximum Gasteiger partial charge on any atom is 0.164 e. The summed E-state index contributed by atoms with van der Waals surface area (Å²) in [5.74, 6) is 2.02. The quantitative estimate of drug-likeness (QED) is 0.175. The van der Waals surface area contributed by atoms with Crippen molar-refractivity contribution in [1.29, 1.82) is 0 Å². The largest absolute Gasteiger partial charge is 0.308 e. The van der Waals surface area contributed by atoms with Crippen LogP contribution in [0.5, 0.6) is 0 Å². The molecule has 0 radical (unpaired) electrons. The van der Waals surface area contributed by atoms with Crippen molar-refractivity contribution < 1.29 is 0 Å². The Bertz CT molecular complexity index is 2910. The molecule has 0 atom stereocenters. The highest BCUT2D eigenvalue weighted by Gasteiger charge is 2.19. The number of aromatic nitrogens is 6. The molecule has 6 aromatic carbocycles. The smallest absolute Gasteiger partial charge is 0.164 e. The van der Waals surface area contributed by atoms with E-state index in [1.807, 2.05) is 36.5 Å². The van der Waals surface area contributed by atoms with E-state index in [1.165, 1.54) is 16.3 Å². The number of fused-ring (bicyclic) bond motifs is 5. The minimum atomic E-state index is 0.655. The van der Waals surface area contributed by atoms with Gasteiger partial charge in [0.15, 0.2) is 17.5 Å². The third-order valence-corrected chi connectivity index (χ3v) is 10.2. The summed E-state index contributed by atoms with van der Waals surface area (Å²) in [4.78, 5) is 14.9. The zero-order chi connectivity index (χ0) is 35.3. The van der Waals surface area contributed by atoms with Crippen molar-refractivity contribution in [2.45, 2.75) is 19.8 Å². The molecule has 3 aromatic heterocycles. The highest BCUT2D eigenvalue weighted by molar-refractivity contribution is 6.18. The Morgan fingerprint density at radius 1 is 0.528 bits per heavy atom. The van der Waals surface area contributed by atoms with Gasteiger partial charge in [-0.2, -0.15) is 5.10 Å². The molecule has 9 aromatic rings. The lowest BCUT2D eigenvalue weighted by Gasteiger charge is -2.13. The van der Waals surface area contributed by atoms with Crippen molar-refractivity contribution in [3.05, 3.63) is 175 Å². The minimum Gasteiger partial charge on any atom is -0.308 e. The summed E-state index contributed by atoms with van der Waals surface area (Å²) in [5, 5.41) is 8.45. The molecular weight excluding hydrogens is 649 g/mol. The molecule has 1 aliphatic carbocycles. The van der Waals surface area contributed by atoms with Gasteiger partial charge in [-0.25, -0.2) is 19.6 Å². The Labute approximate surface area is 307 Å². The summed E-state index contributed by atoms with van der Waals surface area (Å²) in [5.41, 5.74) is 11.9. The van der Waals surface area contributed by atoms with E-state index in [1.54, 1.807) is 0 Å². The van der Waals surface area contributed by atoms with Crippen molar-refractivity contribution in [3.63, 3.8) is 0 Å². The van der Waals surface area contributed by atoms with Crippen molar-refractivity contribution in [1.82, 2.24) is 29.3 Å². The molecule has 0 saturated heterocycles. The van der Waals surface area contributed by atoms with Crippen LogP contribution in [0, 0.1) is 6.92 Å². The van der Waals surface area contributed by atoms with E-state index < -0.39 is 0 Å². The molecule has 53 heavy (non-hydrogen) atoms. The van der Waals surface area contributed by atoms with Gasteiger partial charge in [-0.3, -0.25) is 0 Å². The number of rotatable bonds is 6. The van der Waals surface area contributed by atoms with Crippen molar-refractivity contribution in [3.8, 4) is 45.3 Å². The summed E-state index contributed by atoms with van der Waals surface area (Å²) < 4.78 is 4.45. The van der Waals surface area contributed by atoms with E-state index in [0.29, 0.717) is 17.5 Å². The van der Waals surface area contributed by atoms with E-state index >= 15 is 0 Å². The summed E-state index contributed by atoms with van der Waals surface area (Å²) in [6, 6.07) is 49.0. The Morgan fingerprint density at radius 2 is 1.25 bits per heavy atom. The van der Waals surface area contributed by atoms with Gasteiger partial charge in [0.2, 0.25) is 0 Å². The lowest BCUT2D eigenvalue weighted by molar-refractivity contribution is 0.902. The first kappa shape index (κ1) is 30.9. The van der Waals surface area contributed by atoms with Crippen LogP contribution in [0.4, 0.5) is 0 Å². The summed E-state index contributed by atoms with van der Waals surface area (Å²) >= 11 is 0. The van der Waals surface area contributed by atoms with Crippen molar-refractivity contribution in [2.24, 2.45) is 0 Å². The Balaban J connectivity index is 1.11. The first-order valence-electron chi connectivity index (χ1n) is 18.1. The number of hydrogen-bond donors (Lipinski definition) is 0. The van der Waals surface area contributed by atoms with Crippen LogP contribution in [0.1, 0.15) is 24.2 Å². The maximum atomic E-state index is 5.02. The van der Waals surface area contributed by atoms with E-state index in [4.69, 9.17) is 20.1 Å². The predicted molar refractivity (Wildman–Crippen MR) is 216 cm³/mol. The fraction of sp³-hybridized carbons (Fsp3) is 0.0638. The molecule has 0 N–H and O–H groups in total. The first-order chi connectivity index (χ1) is 26.2. The molecule has 6 heteroatoms. The Kier molecular flexibility index (Phi) is 7.39. The summed E-state index contributed by atoms with van der Waals surface area (Å²) in [6.07, 6.45) is 10.5. The number of nitrogens with zero attached hydrogens (tertiary/aromatic N) is 6. The van der Waals surface area contributed by atoms with Crippen molar-refractivity contribution >= 4 is 38.3 Å². The highest BCUT2D eigenvalue weighted by atomic mass is 15.3. The van der Waals surface area contributed by atoms with Crippen LogP contribution in [0.3, 0.4) is 0 Å². The van der Waals surface area contributed by atoms with Crippen LogP contribution >= 0.6 is 0 Å². The maximum absolute atomic E-state index is 5.02. The van der Waals surface area contributed by atoms with Gasteiger partial charge in [0, 0.05) is 38.5 Å². The fourth-order valence-electron chi connectivity index (χ4n) is 7.62. The van der Waals surface area contributed by atoms with Crippen LogP contribution in [0.15, 0.2) is 164 Å². The molecule has 0 saturated carbocycles. The predicted octanol–water partition coefficient (Wildman–Crippen LogP) is 11.4. The monoisotopic (exact) mass is 682 g/mol. The molecule has 0 unspecified atom stereocenters. The third-order valence-electron chi connectivity index (χ3n) is 10.2. The number of allylic oxidation sites excluding steroid dienone is 4. The van der Waals surface area contributed by atoms with Gasteiger partial charge in [0.1, 0.15) is 0 Å². The fourth-order valence-corrected chi connectivity index (χ4v) is 7.62. The van der Waals surface area contributed by atoms with Gasteiger partial charge in [-0.05, 0) is 78.9 Å². The van der Waals surface area contributed by atoms with Gasteiger partial charge < -0.3 is 4.57 Å². The normalized spacial score (nSPS) is 12.9. The van der Waals surface area contributed by atoms with E-state index in [9.17, 15) is 0 Å². The van der Waals surface area contributed by atoms with Crippen LogP contribution in [-0.4, -0.2) is 29.3 Å². The van der Waals surface area contributed by atoms with Gasteiger partial charge in [0.25, 0.3) is 0 Å². The van der Waals surface area contributed by atoms with Crippen LogP contribution < -0.4 is 0 Å². The van der Waals surface area contributed by atoms with Crippen molar-refractivity contribution in [2.75, 3.05) is 0 Å². The standard InChI is InChI=1S/C47H34N6/c1-31-14-8-10-24-41(31)53-43-27-26-39-38-23-9-11-25-42(38)52(44(39)40(43)30-48-53)37-22-13-20-35(29-37)34-19-12-21-36(28-34)47-50-45(32-15-4-2-5-16-32)49-46(51-47)33-17-6-3-7-18-33/h2,4-6,8-30H,3,7H2,1H3. The topological polar surface area (TPSA) is 61.4 Å². The second kappa shape index (κ2) is 12.7. The second-order valence-corrected chi connectivity index (χ2v) is 13.5. The van der Waals surface area contributed by atoms with E-state index in [-0.39, 0.29) is 0 Å². The van der Waals surface area contributed by atoms with Crippen LogP contribution in [0.25, 0.3) is 83.6 Å². The van der Waals surface area contributed by atoms with Gasteiger partial charge in [-0.15, -0.1) is 0 Å². The molecule has 3 heterocycles. The molecule has 0 aliphatic heterocycles. The Morgan fingerprint density at radius 3 is 2.09 bits per heavy atom. The van der Waals surface area contributed by atoms with Gasteiger partial charge in [0.05, 0.1) is 28.4 Å². The van der Waals surface area contributed by atoms with Gasteiger partial charge in [-0.1, -0.05) is 115 Å². The molecule has 0 bridgehead atoms. The number of benzene rings is 6. The molecule has 0 spiro atoms. The van der Waals surface area contributed by atoms with Gasteiger partial charge >= 0.3 is 0 Å². The van der Waals surface area contributed by atoms with E-state index in [2.05, 4.69) is 144 Å². The summed E-state index contributed by atoms with van der Waals surface area (Å²) in [6.45, 7) is 2.13. The second-order valence-electron chi connectivity index (χ2n) is 13.5. The lowest BCUT2D eigenvalue weighted by Crippen LogP contribution is -2.03. The Hall–Kier alpha value is -6.92. The molecule has 10 rings (SSSR count). The zero-order valence-corrected chi connectivity index (χ0v) is 29.2. The molecule has 1 aliphatic rings. The number of aryl methyl sites for hydroxylation is 1. The highest BCUT2D eigenvalue weighted by Crippen LogP contribution is 2.38. The average Bonchev–Trinajstić information content (AvgIpc) is 3.81. The van der Waals surface area contributed by atoms with Crippen LogP contribution in [-0.2, 0) is 0 Å². The number of para-hydroxylation sites is 2. The molecule has 0 fully saturated rings. The minimum absolute atomic E-state index is 0.655. The SMILES string of the molecule is Cc1ccccc1-n1ncc2c1ccc1c3ccccc3n(-c3cccc(-c4cccc(-c5nc(C6=CCCC=C6)nc(-c6ccccc6)n5)c4)c3)c12. The zero-order valence-electron chi connectivity index (χ0n) is 29.2. The molecule has 0 amide bonds. The third kappa shape index (κ3) is 5.35. The summed E-state index contributed by atoms with van der Waals surface area (Å²) in [7, 11) is 0. The first-order valence-corrected chi connectivity index (χ1v) is 18.1. The van der Waals surface area contributed by atoms with Crippen LogP contribution in [0.2, 0.25) is 0 Å². The molecular formula is C47H34N6. The molecule has 6 nitrogen and oxygen atoms in total. The van der Waals surface area contributed by atoms with E-state index in [0.717, 1.165) is 74.0 Å². The number of hydrogen-bond acceptors (Lipinski definition) is 4. The lowest BCUT2D eigenvalue weighted by atomic mass is 10.0. The molecule has 252 valence electrons.